The Morgan fingerprint density at radius 2 is 1.75 bits per heavy atom. The van der Waals surface area contributed by atoms with Crippen LogP contribution < -0.4 is 5.32 Å². The van der Waals surface area contributed by atoms with Crippen molar-refractivity contribution in [1.29, 1.82) is 0 Å². The van der Waals surface area contributed by atoms with Gasteiger partial charge in [-0.15, -0.1) is 0 Å². The molecular weight excluding hydrogens is 322 g/mol. The second-order valence-electron chi connectivity index (χ2n) is 6.56. The standard InChI is InChI=1S/C18H28ClN5/c1-20-18(21-7-10-22-8-2-9-22)24-13-11-23(12-14-24)15-16-3-5-17(19)6-4-16/h3-6H,2,7-15H2,1H3,(H,20,21). The van der Waals surface area contributed by atoms with E-state index in [-0.39, 0.29) is 0 Å². The first kappa shape index (κ1) is 17.5. The van der Waals surface area contributed by atoms with Gasteiger partial charge in [0, 0.05) is 57.9 Å². The summed E-state index contributed by atoms with van der Waals surface area (Å²) in [6, 6.07) is 8.17. The molecule has 2 aliphatic rings. The number of hydrogen-bond acceptors (Lipinski definition) is 3. The van der Waals surface area contributed by atoms with Crippen molar-refractivity contribution in [3.05, 3.63) is 34.9 Å². The van der Waals surface area contributed by atoms with Gasteiger partial charge in [0.2, 0.25) is 0 Å². The molecule has 0 saturated carbocycles. The van der Waals surface area contributed by atoms with Crippen molar-refractivity contribution in [2.75, 3.05) is 59.4 Å². The van der Waals surface area contributed by atoms with Crippen LogP contribution in [-0.4, -0.2) is 80.1 Å². The number of piperazine rings is 1. The van der Waals surface area contributed by atoms with Gasteiger partial charge in [0.1, 0.15) is 0 Å². The highest BCUT2D eigenvalue weighted by Crippen LogP contribution is 2.13. The third-order valence-electron chi connectivity index (χ3n) is 4.86. The molecule has 0 unspecified atom stereocenters. The number of nitrogens with one attached hydrogen (secondary N) is 1. The van der Waals surface area contributed by atoms with E-state index in [4.69, 9.17) is 11.6 Å². The molecule has 0 radical (unpaired) electrons. The third-order valence-corrected chi connectivity index (χ3v) is 5.11. The van der Waals surface area contributed by atoms with Crippen LogP contribution in [0.15, 0.2) is 29.3 Å². The summed E-state index contributed by atoms with van der Waals surface area (Å²) in [7, 11) is 1.88. The van der Waals surface area contributed by atoms with E-state index in [0.717, 1.165) is 56.8 Å². The number of rotatable bonds is 5. The molecule has 0 atom stereocenters. The topological polar surface area (TPSA) is 34.1 Å². The van der Waals surface area contributed by atoms with Crippen LogP contribution in [0.2, 0.25) is 5.02 Å². The van der Waals surface area contributed by atoms with E-state index in [1.165, 1.54) is 25.1 Å². The normalized spacial score (nSPS) is 20.1. The monoisotopic (exact) mass is 349 g/mol. The van der Waals surface area contributed by atoms with Crippen LogP contribution in [0.1, 0.15) is 12.0 Å². The Balaban J connectivity index is 1.40. The van der Waals surface area contributed by atoms with Gasteiger partial charge in [-0.3, -0.25) is 9.89 Å². The molecule has 6 heteroatoms. The summed E-state index contributed by atoms with van der Waals surface area (Å²) < 4.78 is 0. The predicted molar refractivity (Wildman–Crippen MR) is 101 cm³/mol. The van der Waals surface area contributed by atoms with E-state index < -0.39 is 0 Å². The van der Waals surface area contributed by atoms with E-state index in [1.54, 1.807) is 0 Å². The van der Waals surface area contributed by atoms with Crippen LogP contribution in [0.5, 0.6) is 0 Å². The van der Waals surface area contributed by atoms with E-state index in [2.05, 4.69) is 37.1 Å². The number of halogens is 1. The smallest absolute Gasteiger partial charge is 0.193 e. The zero-order chi connectivity index (χ0) is 16.8. The molecule has 132 valence electrons. The third kappa shape index (κ3) is 4.85. The quantitative estimate of drug-likeness (QED) is 0.648. The summed E-state index contributed by atoms with van der Waals surface area (Å²) in [5.74, 6) is 1.04. The maximum atomic E-state index is 5.96. The van der Waals surface area contributed by atoms with Crippen molar-refractivity contribution in [2.45, 2.75) is 13.0 Å². The number of aliphatic imine (C=N–C) groups is 1. The first-order valence-electron chi connectivity index (χ1n) is 8.89. The molecule has 1 aromatic carbocycles. The Kier molecular flexibility index (Phi) is 6.35. The number of benzene rings is 1. The summed E-state index contributed by atoms with van der Waals surface area (Å²) in [5, 5.41) is 4.31. The average molecular weight is 350 g/mol. The Morgan fingerprint density at radius 1 is 1.04 bits per heavy atom. The van der Waals surface area contributed by atoms with Crippen LogP contribution in [0.3, 0.4) is 0 Å². The molecule has 1 N–H and O–H groups in total. The molecule has 1 aromatic rings. The number of nitrogens with zero attached hydrogens (tertiary/aromatic N) is 4. The lowest BCUT2D eigenvalue weighted by molar-refractivity contribution is 0.169. The molecule has 2 fully saturated rings. The van der Waals surface area contributed by atoms with Crippen LogP contribution >= 0.6 is 11.6 Å². The second-order valence-corrected chi connectivity index (χ2v) is 7.00. The van der Waals surface area contributed by atoms with E-state index in [1.807, 2.05) is 19.2 Å². The molecule has 0 bridgehead atoms. The van der Waals surface area contributed by atoms with Gasteiger partial charge >= 0.3 is 0 Å². The van der Waals surface area contributed by atoms with Crippen LogP contribution in [0, 0.1) is 0 Å². The van der Waals surface area contributed by atoms with Gasteiger partial charge in [0.25, 0.3) is 0 Å². The van der Waals surface area contributed by atoms with Crippen LogP contribution in [0.25, 0.3) is 0 Å². The fourth-order valence-electron chi connectivity index (χ4n) is 3.23. The average Bonchev–Trinajstić information content (AvgIpc) is 2.56. The SMILES string of the molecule is CN=C(NCCN1CCC1)N1CCN(Cc2ccc(Cl)cc2)CC1. The molecule has 2 saturated heterocycles. The Bertz CT molecular complexity index is 533. The van der Waals surface area contributed by atoms with Gasteiger partial charge in [-0.05, 0) is 37.2 Å². The first-order chi connectivity index (χ1) is 11.7. The fraction of sp³-hybridized carbons (Fsp3) is 0.611. The van der Waals surface area contributed by atoms with Gasteiger partial charge in [0.05, 0.1) is 0 Å². The molecule has 3 rings (SSSR count). The zero-order valence-corrected chi connectivity index (χ0v) is 15.3. The molecule has 0 spiro atoms. The number of guanidine groups is 1. The lowest BCUT2D eigenvalue weighted by Crippen LogP contribution is -2.53. The molecule has 24 heavy (non-hydrogen) atoms. The molecule has 0 aromatic heterocycles. The van der Waals surface area contributed by atoms with Crippen LogP contribution in [-0.2, 0) is 6.54 Å². The molecule has 2 heterocycles. The number of hydrogen-bond donors (Lipinski definition) is 1. The van der Waals surface area contributed by atoms with E-state index in [0.29, 0.717) is 0 Å². The highest BCUT2D eigenvalue weighted by atomic mass is 35.5. The van der Waals surface area contributed by atoms with E-state index in [9.17, 15) is 0 Å². The summed E-state index contributed by atoms with van der Waals surface area (Å²) in [6.07, 6.45) is 1.35. The molecular formula is C18H28ClN5. The van der Waals surface area contributed by atoms with Gasteiger partial charge < -0.3 is 15.1 Å². The minimum Gasteiger partial charge on any atom is -0.355 e. The molecule has 0 aliphatic carbocycles. The largest absolute Gasteiger partial charge is 0.355 e. The lowest BCUT2D eigenvalue weighted by atomic mass is 10.2. The predicted octanol–water partition coefficient (Wildman–Crippen LogP) is 1.74. The minimum absolute atomic E-state index is 0.802. The van der Waals surface area contributed by atoms with Gasteiger partial charge in [-0.25, -0.2) is 0 Å². The Labute approximate surface area is 150 Å². The summed E-state index contributed by atoms with van der Waals surface area (Å²) in [6.45, 7) is 9.78. The van der Waals surface area contributed by atoms with Crippen molar-refractivity contribution < 1.29 is 0 Å². The maximum Gasteiger partial charge on any atom is 0.193 e. The van der Waals surface area contributed by atoms with Crippen molar-refractivity contribution in [1.82, 2.24) is 20.0 Å². The Hall–Kier alpha value is -1.30. The maximum absolute atomic E-state index is 5.96. The van der Waals surface area contributed by atoms with Crippen molar-refractivity contribution >= 4 is 17.6 Å². The number of likely N-dealkylation sites (tertiary alicyclic amines) is 1. The summed E-state index contributed by atoms with van der Waals surface area (Å²) >= 11 is 5.96. The zero-order valence-electron chi connectivity index (χ0n) is 14.5. The second kappa shape index (κ2) is 8.70. The highest BCUT2D eigenvalue weighted by Gasteiger charge is 2.20. The van der Waals surface area contributed by atoms with Crippen molar-refractivity contribution in [3.63, 3.8) is 0 Å². The summed E-state index contributed by atoms with van der Waals surface area (Å²) in [5.41, 5.74) is 1.32. The minimum atomic E-state index is 0.802. The van der Waals surface area contributed by atoms with Crippen LogP contribution in [0.4, 0.5) is 0 Å². The molecule has 5 nitrogen and oxygen atoms in total. The van der Waals surface area contributed by atoms with Crippen molar-refractivity contribution in [2.24, 2.45) is 4.99 Å². The fourth-order valence-corrected chi connectivity index (χ4v) is 3.36. The summed E-state index contributed by atoms with van der Waals surface area (Å²) in [4.78, 5) is 11.8. The van der Waals surface area contributed by atoms with Gasteiger partial charge in [-0.2, -0.15) is 0 Å². The van der Waals surface area contributed by atoms with Crippen molar-refractivity contribution in [3.8, 4) is 0 Å². The van der Waals surface area contributed by atoms with Gasteiger partial charge in [0.15, 0.2) is 5.96 Å². The Morgan fingerprint density at radius 3 is 2.33 bits per heavy atom. The lowest BCUT2D eigenvalue weighted by Gasteiger charge is -2.37. The van der Waals surface area contributed by atoms with E-state index >= 15 is 0 Å². The molecule has 0 amide bonds. The molecule has 2 aliphatic heterocycles. The highest BCUT2D eigenvalue weighted by molar-refractivity contribution is 6.30. The van der Waals surface area contributed by atoms with Gasteiger partial charge in [-0.1, -0.05) is 23.7 Å². The first-order valence-corrected chi connectivity index (χ1v) is 9.27.